The number of hydrogen-bond donors (Lipinski definition) is 2. The van der Waals surface area contributed by atoms with Gasteiger partial charge in [-0.3, -0.25) is 4.79 Å². The monoisotopic (exact) mass is 458 g/mol. The van der Waals surface area contributed by atoms with Gasteiger partial charge in [0, 0.05) is 55.3 Å². The van der Waals surface area contributed by atoms with Crippen LogP contribution in [-0.2, 0) is 11.2 Å². The molecule has 1 atom stereocenters. The first kappa shape index (κ1) is 24.3. The van der Waals surface area contributed by atoms with E-state index in [0.717, 1.165) is 37.1 Å². The quantitative estimate of drug-likeness (QED) is 0.640. The third kappa shape index (κ3) is 5.89. The van der Waals surface area contributed by atoms with Gasteiger partial charge in [0.05, 0.1) is 0 Å². The van der Waals surface area contributed by atoms with Crippen molar-refractivity contribution in [3.63, 3.8) is 0 Å². The molecule has 0 aliphatic heterocycles. The van der Waals surface area contributed by atoms with Crippen LogP contribution in [0.15, 0.2) is 29.6 Å². The molecule has 0 bridgehead atoms. The van der Waals surface area contributed by atoms with Gasteiger partial charge in [-0.15, -0.1) is 0 Å². The molecule has 1 fully saturated rings. The normalized spacial score (nSPS) is 19.8. The number of carbonyl (C=O) groups excluding carboxylic acids is 1. The molecule has 8 nitrogen and oxygen atoms in total. The first-order valence-electron chi connectivity index (χ1n) is 11.0. The number of nitrogens with zero attached hydrogens (tertiary/aromatic N) is 4. The van der Waals surface area contributed by atoms with Gasteiger partial charge in [-0.1, -0.05) is 0 Å². The molecule has 174 valence electrons. The lowest BCUT2D eigenvalue weighted by Crippen LogP contribution is -2.41. The van der Waals surface area contributed by atoms with Crippen LogP contribution >= 0.6 is 0 Å². The predicted octanol–water partition coefficient (Wildman–Crippen LogP) is 3.31. The molecule has 0 aromatic carbocycles. The van der Waals surface area contributed by atoms with E-state index in [1.54, 1.807) is 18.3 Å². The second-order valence-electron chi connectivity index (χ2n) is 9.50. The zero-order valence-electron chi connectivity index (χ0n) is 19.8. The molecule has 2 N–H and O–H groups in total. The van der Waals surface area contributed by atoms with Crippen LogP contribution in [0.25, 0.3) is 0 Å². The summed E-state index contributed by atoms with van der Waals surface area (Å²) in [7, 11) is 3.94. The number of rotatable bonds is 6. The second kappa shape index (κ2) is 10.0. The van der Waals surface area contributed by atoms with Gasteiger partial charge < -0.3 is 20.1 Å². The van der Waals surface area contributed by atoms with Crippen LogP contribution < -0.4 is 15.5 Å². The van der Waals surface area contributed by atoms with Crippen LogP contribution in [0.3, 0.4) is 0 Å². The lowest BCUT2D eigenvalue weighted by Gasteiger charge is -2.30. The van der Waals surface area contributed by atoms with Crippen molar-refractivity contribution in [2.75, 3.05) is 24.3 Å². The minimum Gasteiger partial charge on any atom is -0.610 e. The molecule has 3 rings (SSSR count). The fourth-order valence-electron chi connectivity index (χ4n) is 3.78. The molecule has 1 saturated carbocycles. The van der Waals surface area contributed by atoms with E-state index < -0.39 is 15.9 Å². The van der Waals surface area contributed by atoms with E-state index in [-0.39, 0.29) is 18.0 Å². The molecule has 0 saturated heterocycles. The molecule has 1 unspecified atom stereocenters. The largest absolute Gasteiger partial charge is 0.610 e. The van der Waals surface area contributed by atoms with Crippen LogP contribution in [0.4, 0.5) is 11.8 Å². The lowest BCUT2D eigenvalue weighted by molar-refractivity contribution is 0.0922. The van der Waals surface area contributed by atoms with Crippen LogP contribution in [-0.4, -0.2) is 56.3 Å². The Morgan fingerprint density at radius 2 is 1.81 bits per heavy atom. The number of amides is 1. The number of carbonyl (C=O) groups is 1. The van der Waals surface area contributed by atoms with Crippen molar-refractivity contribution in [2.45, 2.75) is 75.2 Å². The summed E-state index contributed by atoms with van der Waals surface area (Å²) in [4.78, 5) is 28.2. The van der Waals surface area contributed by atoms with Crippen molar-refractivity contribution in [1.29, 1.82) is 0 Å². The Labute approximate surface area is 193 Å². The average molecular weight is 459 g/mol. The van der Waals surface area contributed by atoms with E-state index in [2.05, 4.69) is 25.6 Å². The van der Waals surface area contributed by atoms with Gasteiger partial charge >= 0.3 is 0 Å². The Hall–Kier alpha value is -2.39. The highest BCUT2D eigenvalue weighted by Gasteiger charge is 2.34. The van der Waals surface area contributed by atoms with Gasteiger partial charge in [0.1, 0.15) is 16.1 Å². The lowest BCUT2D eigenvalue weighted by atomic mass is 9.91. The highest BCUT2D eigenvalue weighted by molar-refractivity contribution is 7.92. The van der Waals surface area contributed by atoms with E-state index in [4.69, 9.17) is 0 Å². The third-order valence-corrected chi connectivity index (χ3v) is 7.30. The van der Waals surface area contributed by atoms with Gasteiger partial charge in [-0.25, -0.2) is 9.97 Å². The summed E-state index contributed by atoms with van der Waals surface area (Å²) in [5.41, 5.74) is 1.43. The molecule has 0 radical (unpaired) electrons. The Kier molecular flexibility index (Phi) is 7.61. The molecule has 2 aromatic rings. The number of anilines is 2. The van der Waals surface area contributed by atoms with Crippen molar-refractivity contribution >= 4 is 28.8 Å². The molecule has 0 spiro atoms. The van der Waals surface area contributed by atoms with Gasteiger partial charge in [0.2, 0.25) is 5.95 Å². The summed E-state index contributed by atoms with van der Waals surface area (Å²) < 4.78 is 12.3. The Balaban J connectivity index is 1.58. The molecular weight excluding hydrogens is 424 g/mol. The van der Waals surface area contributed by atoms with E-state index in [1.807, 2.05) is 52.9 Å². The maximum Gasteiger partial charge on any atom is 0.258 e. The molecule has 1 amide bonds. The number of aromatic nitrogens is 3. The summed E-state index contributed by atoms with van der Waals surface area (Å²) in [6.07, 6.45) is 6.95. The Morgan fingerprint density at radius 3 is 2.44 bits per heavy atom. The molecule has 9 heteroatoms. The number of hydrogen-bond acceptors (Lipinski definition) is 7. The first-order valence-corrected chi connectivity index (χ1v) is 12.2. The average Bonchev–Trinajstić information content (AvgIpc) is 2.75. The van der Waals surface area contributed by atoms with E-state index >= 15 is 0 Å². The number of nitrogens with one attached hydrogen (secondary N) is 2. The highest BCUT2D eigenvalue weighted by atomic mass is 32.2. The SMILES string of the molecule is Cc1cnc(N[C@H]2CC[C@@H](NC(=O)c3cccnc3[S+]([O-])C(C)(C)C)CC2)nc1N(C)C. The maximum atomic E-state index is 12.9. The van der Waals surface area contributed by atoms with Gasteiger partial charge in [-0.05, 0) is 65.5 Å². The van der Waals surface area contributed by atoms with Crippen LogP contribution in [0.5, 0.6) is 0 Å². The minimum absolute atomic E-state index is 0.0768. The topological polar surface area (TPSA) is 106 Å². The molecule has 1 aliphatic carbocycles. The molecule has 2 aromatic heterocycles. The number of aryl methyl sites for hydroxylation is 1. The molecule has 2 heterocycles. The van der Waals surface area contributed by atoms with Crippen molar-refractivity contribution in [3.05, 3.63) is 35.7 Å². The fourth-order valence-corrected chi connectivity index (χ4v) is 4.88. The Bertz CT molecular complexity index is 938. The maximum absolute atomic E-state index is 12.9. The van der Waals surface area contributed by atoms with E-state index in [0.29, 0.717) is 16.5 Å². The molecule has 32 heavy (non-hydrogen) atoms. The zero-order chi connectivity index (χ0) is 23.5. The van der Waals surface area contributed by atoms with Gasteiger partial charge in [-0.2, -0.15) is 4.98 Å². The minimum atomic E-state index is -1.37. The molecule has 1 aliphatic rings. The van der Waals surface area contributed by atoms with Crippen molar-refractivity contribution in [3.8, 4) is 0 Å². The molecular formula is C23H34N6O2S. The van der Waals surface area contributed by atoms with Gasteiger partial charge in [0.15, 0.2) is 0 Å². The second-order valence-corrected chi connectivity index (χ2v) is 11.6. The highest BCUT2D eigenvalue weighted by Crippen LogP contribution is 2.27. The van der Waals surface area contributed by atoms with Crippen LogP contribution in [0.2, 0.25) is 0 Å². The third-order valence-electron chi connectivity index (χ3n) is 5.51. The summed E-state index contributed by atoms with van der Waals surface area (Å²) in [5, 5.41) is 6.90. The van der Waals surface area contributed by atoms with Gasteiger partial charge in [0.25, 0.3) is 10.9 Å². The number of pyridine rings is 1. The standard InChI is InChI=1S/C23H34N6O2S/c1-15-14-25-22(28-19(15)29(5)6)27-17-11-9-16(10-12-17)26-20(30)18-8-7-13-24-21(18)32(31)23(2,3)4/h7-8,13-14,16-17H,9-12H2,1-6H3,(H,26,30)(H,25,27,28)/t16-,17+,32?. The summed E-state index contributed by atoms with van der Waals surface area (Å²) in [6, 6.07) is 3.75. The van der Waals surface area contributed by atoms with E-state index in [1.165, 1.54) is 0 Å². The van der Waals surface area contributed by atoms with Crippen LogP contribution in [0.1, 0.15) is 62.4 Å². The first-order chi connectivity index (χ1) is 15.1. The summed E-state index contributed by atoms with van der Waals surface area (Å²) in [6.45, 7) is 7.64. The predicted molar refractivity (Wildman–Crippen MR) is 129 cm³/mol. The summed E-state index contributed by atoms with van der Waals surface area (Å²) in [5.74, 6) is 1.33. The Morgan fingerprint density at radius 1 is 1.16 bits per heavy atom. The summed E-state index contributed by atoms with van der Waals surface area (Å²) >= 11 is -1.37. The van der Waals surface area contributed by atoms with E-state index in [9.17, 15) is 9.35 Å². The smallest absolute Gasteiger partial charge is 0.258 e. The van der Waals surface area contributed by atoms with Crippen molar-refractivity contribution in [1.82, 2.24) is 20.3 Å². The van der Waals surface area contributed by atoms with Crippen molar-refractivity contribution < 1.29 is 9.35 Å². The van der Waals surface area contributed by atoms with Crippen LogP contribution in [0, 0.1) is 6.92 Å². The van der Waals surface area contributed by atoms with Crippen molar-refractivity contribution in [2.24, 2.45) is 0 Å². The fraction of sp³-hybridized carbons (Fsp3) is 0.565. The zero-order valence-corrected chi connectivity index (χ0v) is 20.6.